The molecule has 0 amide bonds. The standard InChI is InChI=1S/C17H28FN3/c1-19-11-15-4-5-17(18)16(10-15)13-21(3)12-14-6-8-20(2)9-7-14/h4-5,10,14,19H,6-9,11-13H2,1-3H3. The summed E-state index contributed by atoms with van der Waals surface area (Å²) in [4.78, 5) is 4.65. The number of halogens is 1. The lowest BCUT2D eigenvalue weighted by Gasteiger charge is -2.31. The largest absolute Gasteiger partial charge is 0.316 e. The molecule has 4 heteroatoms. The van der Waals surface area contributed by atoms with Gasteiger partial charge in [-0.2, -0.15) is 0 Å². The molecule has 1 aromatic carbocycles. The summed E-state index contributed by atoms with van der Waals surface area (Å²) in [6, 6.07) is 5.43. The van der Waals surface area contributed by atoms with Crippen LogP contribution in [0.3, 0.4) is 0 Å². The molecule has 0 spiro atoms. The van der Waals surface area contributed by atoms with E-state index in [1.54, 1.807) is 6.07 Å². The van der Waals surface area contributed by atoms with Crippen molar-refractivity contribution in [1.82, 2.24) is 15.1 Å². The van der Waals surface area contributed by atoms with Gasteiger partial charge in [-0.25, -0.2) is 4.39 Å². The van der Waals surface area contributed by atoms with Gasteiger partial charge in [-0.05, 0) is 64.6 Å². The van der Waals surface area contributed by atoms with Gasteiger partial charge in [-0.1, -0.05) is 12.1 Å². The molecule has 1 heterocycles. The number of rotatable bonds is 6. The van der Waals surface area contributed by atoms with Crippen molar-refractivity contribution < 1.29 is 4.39 Å². The molecule has 21 heavy (non-hydrogen) atoms. The third-order valence-corrected chi connectivity index (χ3v) is 4.34. The van der Waals surface area contributed by atoms with Crippen LogP contribution in [0, 0.1) is 11.7 Å². The third-order valence-electron chi connectivity index (χ3n) is 4.34. The smallest absolute Gasteiger partial charge is 0.127 e. The number of nitrogens with one attached hydrogen (secondary N) is 1. The van der Waals surface area contributed by atoms with E-state index in [1.165, 1.54) is 25.9 Å². The number of benzene rings is 1. The molecule has 0 aromatic heterocycles. The topological polar surface area (TPSA) is 18.5 Å². The van der Waals surface area contributed by atoms with Crippen LogP contribution in [0.4, 0.5) is 4.39 Å². The van der Waals surface area contributed by atoms with Gasteiger partial charge in [0.25, 0.3) is 0 Å². The summed E-state index contributed by atoms with van der Waals surface area (Å²) in [6.45, 7) is 4.90. The van der Waals surface area contributed by atoms with E-state index in [1.807, 2.05) is 19.2 Å². The SMILES string of the molecule is CNCc1ccc(F)c(CN(C)CC2CCN(C)CC2)c1. The fourth-order valence-corrected chi connectivity index (χ4v) is 3.10. The highest BCUT2D eigenvalue weighted by molar-refractivity contribution is 5.25. The van der Waals surface area contributed by atoms with Gasteiger partial charge in [-0.3, -0.25) is 0 Å². The Balaban J connectivity index is 1.89. The second-order valence-corrected chi connectivity index (χ2v) is 6.40. The quantitative estimate of drug-likeness (QED) is 0.868. The van der Waals surface area contributed by atoms with Gasteiger partial charge >= 0.3 is 0 Å². The Bertz CT molecular complexity index is 442. The molecule has 0 unspecified atom stereocenters. The normalized spacial score (nSPS) is 17.6. The first-order valence-corrected chi connectivity index (χ1v) is 7.87. The first-order chi connectivity index (χ1) is 10.1. The zero-order chi connectivity index (χ0) is 15.2. The lowest BCUT2D eigenvalue weighted by Crippen LogP contribution is -2.35. The summed E-state index contributed by atoms with van der Waals surface area (Å²) >= 11 is 0. The fraction of sp³-hybridized carbons (Fsp3) is 0.647. The molecular formula is C17H28FN3. The molecule has 1 N–H and O–H groups in total. The number of likely N-dealkylation sites (tertiary alicyclic amines) is 1. The Morgan fingerprint density at radius 2 is 2.05 bits per heavy atom. The van der Waals surface area contributed by atoms with E-state index >= 15 is 0 Å². The van der Waals surface area contributed by atoms with Gasteiger partial charge in [-0.15, -0.1) is 0 Å². The van der Waals surface area contributed by atoms with Crippen molar-refractivity contribution in [3.63, 3.8) is 0 Å². The second kappa shape index (κ2) is 7.87. The average molecular weight is 293 g/mol. The van der Waals surface area contributed by atoms with E-state index in [2.05, 4.69) is 29.2 Å². The predicted octanol–water partition coefficient (Wildman–Crippen LogP) is 2.32. The first kappa shape index (κ1) is 16.4. The molecule has 1 aromatic rings. The van der Waals surface area contributed by atoms with Crippen LogP contribution in [-0.2, 0) is 13.1 Å². The Hall–Kier alpha value is -0.970. The molecule has 0 bridgehead atoms. The van der Waals surface area contributed by atoms with Crippen LogP contribution in [0.5, 0.6) is 0 Å². The molecule has 1 aliphatic heterocycles. The number of hydrogen-bond acceptors (Lipinski definition) is 3. The molecule has 118 valence electrons. The van der Waals surface area contributed by atoms with Crippen LogP contribution in [-0.4, -0.2) is 50.6 Å². The molecule has 1 aliphatic rings. The molecule has 0 aliphatic carbocycles. The van der Waals surface area contributed by atoms with E-state index in [-0.39, 0.29) is 5.82 Å². The molecule has 0 atom stereocenters. The molecule has 1 saturated heterocycles. The summed E-state index contributed by atoms with van der Waals surface area (Å²) in [5, 5.41) is 3.11. The van der Waals surface area contributed by atoms with Crippen molar-refractivity contribution in [1.29, 1.82) is 0 Å². The highest BCUT2D eigenvalue weighted by Crippen LogP contribution is 2.19. The maximum atomic E-state index is 13.9. The van der Waals surface area contributed by atoms with Gasteiger partial charge in [0.05, 0.1) is 0 Å². The molecule has 0 radical (unpaired) electrons. The van der Waals surface area contributed by atoms with Crippen molar-refractivity contribution in [2.75, 3.05) is 40.8 Å². The number of nitrogens with zero attached hydrogens (tertiary/aromatic N) is 2. The molecule has 3 nitrogen and oxygen atoms in total. The summed E-state index contributed by atoms with van der Waals surface area (Å²) in [6.07, 6.45) is 2.51. The number of hydrogen-bond donors (Lipinski definition) is 1. The van der Waals surface area contributed by atoms with Gasteiger partial charge in [0.15, 0.2) is 0 Å². The lowest BCUT2D eigenvalue weighted by molar-refractivity contribution is 0.172. The Kier molecular flexibility index (Phi) is 6.15. The zero-order valence-corrected chi connectivity index (χ0v) is 13.5. The summed E-state index contributed by atoms with van der Waals surface area (Å²) in [5.74, 6) is 0.653. The van der Waals surface area contributed by atoms with Crippen molar-refractivity contribution in [3.8, 4) is 0 Å². The van der Waals surface area contributed by atoms with E-state index in [4.69, 9.17) is 0 Å². The van der Waals surface area contributed by atoms with Crippen molar-refractivity contribution in [2.24, 2.45) is 5.92 Å². The van der Waals surface area contributed by atoms with E-state index in [0.29, 0.717) is 6.54 Å². The monoisotopic (exact) mass is 293 g/mol. The Morgan fingerprint density at radius 1 is 1.33 bits per heavy atom. The molecule has 0 saturated carbocycles. The average Bonchev–Trinajstić information content (AvgIpc) is 2.45. The highest BCUT2D eigenvalue weighted by Gasteiger charge is 2.18. The van der Waals surface area contributed by atoms with Crippen molar-refractivity contribution in [3.05, 3.63) is 35.1 Å². The van der Waals surface area contributed by atoms with E-state index in [9.17, 15) is 4.39 Å². The van der Waals surface area contributed by atoms with E-state index < -0.39 is 0 Å². The van der Waals surface area contributed by atoms with Crippen molar-refractivity contribution >= 4 is 0 Å². The predicted molar refractivity (Wildman–Crippen MR) is 85.7 cm³/mol. The minimum absolute atomic E-state index is 0.0925. The minimum atomic E-state index is -0.0925. The van der Waals surface area contributed by atoms with Crippen LogP contribution >= 0.6 is 0 Å². The van der Waals surface area contributed by atoms with Crippen LogP contribution in [0.1, 0.15) is 24.0 Å². The maximum absolute atomic E-state index is 13.9. The van der Waals surface area contributed by atoms with Crippen LogP contribution in [0.25, 0.3) is 0 Å². The van der Waals surface area contributed by atoms with Crippen LogP contribution < -0.4 is 5.32 Å². The van der Waals surface area contributed by atoms with Crippen LogP contribution in [0.15, 0.2) is 18.2 Å². The first-order valence-electron chi connectivity index (χ1n) is 7.87. The fourth-order valence-electron chi connectivity index (χ4n) is 3.10. The van der Waals surface area contributed by atoms with Gasteiger partial charge in [0.1, 0.15) is 5.82 Å². The molecular weight excluding hydrogens is 265 g/mol. The van der Waals surface area contributed by atoms with Crippen molar-refractivity contribution in [2.45, 2.75) is 25.9 Å². The van der Waals surface area contributed by atoms with Gasteiger partial charge in [0, 0.05) is 25.2 Å². The minimum Gasteiger partial charge on any atom is -0.316 e. The molecule has 2 rings (SSSR count). The summed E-state index contributed by atoms with van der Waals surface area (Å²) in [5.41, 5.74) is 1.94. The maximum Gasteiger partial charge on any atom is 0.127 e. The second-order valence-electron chi connectivity index (χ2n) is 6.40. The summed E-state index contributed by atoms with van der Waals surface area (Å²) in [7, 11) is 6.19. The molecule has 1 fully saturated rings. The van der Waals surface area contributed by atoms with E-state index in [0.717, 1.165) is 30.1 Å². The Morgan fingerprint density at radius 3 is 2.71 bits per heavy atom. The third kappa shape index (κ3) is 5.06. The highest BCUT2D eigenvalue weighted by atomic mass is 19.1. The van der Waals surface area contributed by atoms with Crippen LogP contribution in [0.2, 0.25) is 0 Å². The summed E-state index contributed by atoms with van der Waals surface area (Å²) < 4.78 is 13.9. The lowest BCUT2D eigenvalue weighted by atomic mass is 9.96. The zero-order valence-electron chi connectivity index (χ0n) is 13.5. The number of piperidine rings is 1. The Labute approximate surface area is 128 Å². The van der Waals surface area contributed by atoms with Gasteiger partial charge < -0.3 is 15.1 Å². The van der Waals surface area contributed by atoms with Gasteiger partial charge in [0.2, 0.25) is 0 Å².